The Bertz CT molecular complexity index is 1020. The number of nitrogens with zero attached hydrogens (tertiary/aromatic N) is 2. The van der Waals surface area contributed by atoms with E-state index in [-0.39, 0.29) is 18.1 Å². The number of non-ortho nitro benzene ring substituents is 1. The van der Waals surface area contributed by atoms with Crippen molar-refractivity contribution >= 4 is 23.2 Å². The number of benzene rings is 2. The number of nitro benzene ring substituents is 1. The van der Waals surface area contributed by atoms with Crippen LogP contribution in [-0.2, 0) is 16.9 Å². The van der Waals surface area contributed by atoms with Crippen LogP contribution in [-0.4, -0.2) is 42.5 Å². The van der Waals surface area contributed by atoms with Crippen molar-refractivity contribution in [3.05, 3.63) is 62.7 Å². The standard InChI is InChI=1S/C23H26ClN3O5/c1-26(14-16-12-18(27(29)30)5-6-19(16)24)15-22(28)25-23(8-2-3-9-23)17-4-7-20-21(13-17)32-11-10-31-20/h4-7,12-13H,2-3,8-11,14-15H2,1H3,(H,25,28). The lowest BCUT2D eigenvalue weighted by atomic mass is 9.87. The summed E-state index contributed by atoms with van der Waals surface area (Å²) in [6.07, 6.45) is 3.79. The molecular formula is C23H26ClN3O5. The molecule has 0 atom stereocenters. The zero-order chi connectivity index (χ0) is 22.7. The van der Waals surface area contributed by atoms with Crippen LogP contribution in [0.15, 0.2) is 36.4 Å². The van der Waals surface area contributed by atoms with Crippen LogP contribution in [0.2, 0.25) is 5.02 Å². The number of likely N-dealkylation sites (N-methyl/N-ethyl adjacent to an activating group) is 1. The van der Waals surface area contributed by atoms with Crippen LogP contribution in [0.5, 0.6) is 11.5 Å². The van der Waals surface area contributed by atoms with Gasteiger partial charge in [-0.05, 0) is 49.2 Å². The van der Waals surface area contributed by atoms with E-state index >= 15 is 0 Å². The fourth-order valence-electron chi connectivity index (χ4n) is 4.50. The predicted octanol–water partition coefficient (Wildman–Crippen LogP) is 4.04. The molecule has 0 spiro atoms. The van der Waals surface area contributed by atoms with Crippen LogP contribution in [0.3, 0.4) is 0 Å². The largest absolute Gasteiger partial charge is 0.486 e. The first-order chi connectivity index (χ1) is 15.4. The van der Waals surface area contributed by atoms with Crippen LogP contribution in [0.4, 0.5) is 5.69 Å². The minimum absolute atomic E-state index is 0.0224. The SMILES string of the molecule is CN(CC(=O)NC1(c2ccc3c(c2)OCCO3)CCCC1)Cc1cc([N+](=O)[O-])ccc1Cl. The maximum atomic E-state index is 13.0. The Labute approximate surface area is 191 Å². The average molecular weight is 460 g/mol. The smallest absolute Gasteiger partial charge is 0.269 e. The van der Waals surface area contributed by atoms with Gasteiger partial charge in [-0.15, -0.1) is 0 Å². The Hall–Kier alpha value is -2.84. The van der Waals surface area contributed by atoms with Gasteiger partial charge in [0.2, 0.25) is 5.91 Å². The maximum absolute atomic E-state index is 13.0. The van der Waals surface area contributed by atoms with Gasteiger partial charge in [-0.3, -0.25) is 19.8 Å². The topological polar surface area (TPSA) is 93.9 Å². The van der Waals surface area contributed by atoms with Crippen molar-refractivity contribution in [1.82, 2.24) is 10.2 Å². The molecule has 0 radical (unpaired) electrons. The van der Waals surface area contributed by atoms with Gasteiger partial charge in [-0.1, -0.05) is 30.5 Å². The third-order valence-electron chi connectivity index (χ3n) is 6.02. The minimum Gasteiger partial charge on any atom is -0.486 e. The molecule has 32 heavy (non-hydrogen) atoms. The number of carbonyl (C=O) groups excluding carboxylic acids is 1. The van der Waals surface area contributed by atoms with Gasteiger partial charge in [0.1, 0.15) is 13.2 Å². The third-order valence-corrected chi connectivity index (χ3v) is 6.39. The molecular weight excluding hydrogens is 434 g/mol. The minimum atomic E-state index is -0.455. The Balaban J connectivity index is 1.45. The quantitative estimate of drug-likeness (QED) is 0.496. The average Bonchev–Trinajstić information content (AvgIpc) is 3.24. The summed E-state index contributed by atoms with van der Waals surface area (Å²) < 4.78 is 11.4. The summed E-state index contributed by atoms with van der Waals surface area (Å²) in [6, 6.07) is 10.2. The van der Waals surface area contributed by atoms with Crippen LogP contribution in [0.25, 0.3) is 0 Å². The lowest BCUT2D eigenvalue weighted by Gasteiger charge is -2.33. The molecule has 0 bridgehead atoms. The number of rotatable bonds is 7. The summed E-state index contributed by atoms with van der Waals surface area (Å²) in [5, 5.41) is 14.7. The van der Waals surface area contributed by atoms with Crippen molar-refractivity contribution in [2.45, 2.75) is 37.8 Å². The van der Waals surface area contributed by atoms with E-state index < -0.39 is 10.5 Å². The van der Waals surface area contributed by atoms with E-state index in [4.69, 9.17) is 21.1 Å². The van der Waals surface area contributed by atoms with Gasteiger partial charge in [0, 0.05) is 23.7 Å². The summed E-state index contributed by atoms with van der Waals surface area (Å²) in [6.45, 7) is 1.52. The van der Waals surface area contributed by atoms with Crippen molar-refractivity contribution in [2.75, 3.05) is 26.8 Å². The fourth-order valence-corrected chi connectivity index (χ4v) is 4.68. The number of hydrogen-bond donors (Lipinski definition) is 1. The second-order valence-electron chi connectivity index (χ2n) is 8.40. The molecule has 1 amide bonds. The van der Waals surface area contributed by atoms with Crippen LogP contribution in [0.1, 0.15) is 36.8 Å². The number of hydrogen-bond acceptors (Lipinski definition) is 6. The lowest BCUT2D eigenvalue weighted by molar-refractivity contribution is -0.384. The first kappa shape index (κ1) is 22.4. The van der Waals surface area contributed by atoms with E-state index in [0.29, 0.717) is 36.1 Å². The molecule has 0 unspecified atom stereocenters. The Morgan fingerprint density at radius 1 is 1.16 bits per heavy atom. The normalized spacial score (nSPS) is 16.7. The maximum Gasteiger partial charge on any atom is 0.269 e. The number of fused-ring (bicyclic) bond motifs is 1. The third kappa shape index (κ3) is 4.81. The summed E-state index contributed by atoms with van der Waals surface area (Å²) in [5.74, 6) is 1.34. The molecule has 0 aromatic heterocycles. The first-order valence-corrected chi connectivity index (χ1v) is 11.1. The van der Waals surface area contributed by atoms with Gasteiger partial charge in [0.25, 0.3) is 5.69 Å². The number of nitrogens with one attached hydrogen (secondary N) is 1. The predicted molar refractivity (Wildman–Crippen MR) is 120 cm³/mol. The molecule has 2 aromatic rings. The number of carbonyl (C=O) groups is 1. The molecule has 0 saturated heterocycles. The Kier molecular flexibility index (Phi) is 6.53. The highest BCUT2D eigenvalue weighted by atomic mass is 35.5. The number of halogens is 1. The summed E-state index contributed by atoms with van der Waals surface area (Å²) in [4.78, 5) is 25.4. The van der Waals surface area contributed by atoms with Gasteiger partial charge in [-0.25, -0.2) is 0 Å². The first-order valence-electron chi connectivity index (χ1n) is 10.7. The lowest BCUT2D eigenvalue weighted by Crippen LogP contribution is -2.47. The number of nitro groups is 1. The van der Waals surface area contributed by atoms with Crippen LogP contribution in [0, 0.1) is 10.1 Å². The number of amides is 1. The molecule has 4 rings (SSSR count). The van der Waals surface area contributed by atoms with Gasteiger partial charge >= 0.3 is 0 Å². The zero-order valence-electron chi connectivity index (χ0n) is 17.9. The molecule has 8 nitrogen and oxygen atoms in total. The summed E-state index contributed by atoms with van der Waals surface area (Å²) in [7, 11) is 1.79. The van der Waals surface area contributed by atoms with Crippen molar-refractivity contribution < 1.29 is 19.2 Å². The van der Waals surface area contributed by atoms with E-state index in [1.165, 1.54) is 18.2 Å². The molecule has 1 heterocycles. The molecule has 9 heteroatoms. The van der Waals surface area contributed by atoms with Crippen molar-refractivity contribution in [3.8, 4) is 11.5 Å². The Morgan fingerprint density at radius 3 is 2.59 bits per heavy atom. The van der Waals surface area contributed by atoms with E-state index in [2.05, 4.69) is 5.32 Å². The van der Waals surface area contributed by atoms with Crippen LogP contribution >= 0.6 is 11.6 Å². The van der Waals surface area contributed by atoms with Crippen molar-refractivity contribution in [3.63, 3.8) is 0 Å². The fraction of sp³-hybridized carbons (Fsp3) is 0.435. The highest BCUT2D eigenvalue weighted by molar-refractivity contribution is 6.31. The molecule has 1 aliphatic carbocycles. The van der Waals surface area contributed by atoms with Gasteiger partial charge in [0.15, 0.2) is 11.5 Å². The van der Waals surface area contributed by atoms with Crippen molar-refractivity contribution in [1.29, 1.82) is 0 Å². The molecule has 1 N–H and O–H groups in total. The van der Waals surface area contributed by atoms with Crippen LogP contribution < -0.4 is 14.8 Å². The highest BCUT2D eigenvalue weighted by Gasteiger charge is 2.38. The van der Waals surface area contributed by atoms with Crippen molar-refractivity contribution in [2.24, 2.45) is 0 Å². The van der Waals surface area contributed by atoms with Gasteiger partial charge < -0.3 is 14.8 Å². The zero-order valence-corrected chi connectivity index (χ0v) is 18.7. The number of ether oxygens (including phenoxy) is 2. The molecule has 2 aromatic carbocycles. The molecule has 1 fully saturated rings. The second kappa shape index (κ2) is 9.34. The summed E-state index contributed by atoms with van der Waals surface area (Å²) >= 11 is 6.21. The highest BCUT2D eigenvalue weighted by Crippen LogP contribution is 2.42. The molecule has 1 aliphatic heterocycles. The van der Waals surface area contributed by atoms with Gasteiger partial charge in [0.05, 0.1) is 17.0 Å². The van der Waals surface area contributed by atoms with Gasteiger partial charge in [-0.2, -0.15) is 0 Å². The molecule has 2 aliphatic rings. The molecule has 170 valence electrons. The van der Waals surface area contributed by atoms with E-state index in [1.54, 1.807) is 11.9 Å². The Morgan fingerprint density at radius 2 is 1.88 bits per heavy atom. The van der Waals surface area contributed by atoms with E-state index in [0.717, 1.165) is 37.0 Å². The summed E-state index contributed by atoms with van der Waals surface area (Å²) in [5.41, 5.74) is 1.18. The van der Waals surface area contributed by atoms with E-state index in [9.17, 15) is 14.9 Å². The monoisotopic (exact) mass is 459 g/mol. The molecule has 1 saturated carbocycles. The second-order valence-corrected chi connectivity index (χ2v) is 8.81. The van der Waals surface area contributed by atoms with E-state index in [1.807, 2.05) is 18.2 Å².